The molecule has 174 valence electrons. The van der Waals surface area contributed by atoms with E-state index in [2.05, 4.69) is 15.3 Å². The van der Waals surface area contributed by atoms with Crippen molar-refractivity contribution in [3.05, 3.63) is 77.1 Å². The summed E-state index contributed by atoms with van der Waals surface area (Å²) in [4.78, 5) is 20.6. The maximum absolute atomic E-state index is 12.8. The van der Waals surface area contributed by atoms with E-state index in [0.29, 0.717) is 31.1 Å². The molecule has 4 aromatic rings. The second-order valence-corrected chi connectivity index (χ2v) is 10.9. The van der Waals surface area contributed by atoms with E-state index in [4.69, 9.17) is 0 Å². The molecule has 1 aliphatic rings. The fourth-order valence-corrected chi connectivity index (χ4v) is 6.07. The number of hydrogen-bond donors (Lipinski definition) is 2. The predicted octanol–water partition coefficient (Wildman–Crippen LogP) is 4.94. The number of fused-ring (bicyclic) bond motifs is 1. The molecule has 0 spiro atoms. The molecule has 0 saturated carbocycles. The number of carbonyl (C=O) groups is 1. The van der Waals surface area contributed by atoms with E-state index < -0.39 is 10.0 Å². The molecule has 1 aliphatic heterocycles. The number of anilines is 1. The zero-order chi connectivity index (χ0) is 23.5. The van der Waals surface area contributed by atoms with Crippen LogP contribution in [0.3, 0.4) is 0 Å². The first-order chi connectivity index (χ1) is 16.5. The van der Waals surface area contributed by atoms with Gasteiger partial charge in [-0.2, -0.15) is 4.31 Å². The fourth-order valence-electron chi connectivity index (χ4n) is 4.13. The van der Waals surface area contributed by atoms with Crippen LogP contribution in [0.1, 0.15) is 18.4 Å². The molecule has 2 aromatic carbocycles. The second kappa shape index (κ2) is 9.54. The van der Waals surface area contributed by atoms with Crippen molar-refractivity contribution in [2.24, 2.45) is 5.92 Å². The van der Waals surface area contributed by atoms with Gasteiger partial charge in [0.05, 0.1) is 5.69 Å². The Kier molecular flexibility index (Phi) is 6.32. The minimum atomic E-state index is -3.52. The topological polar surface area (TPSA) is 95.2 Å². The molecule has 0 unspecified atom stereocenters. The van der Waals surface area contributed by atoms with Gasteiger partial charge < -0.3 is 10.3 Å². The third-order valence-corrected chi connectivity index (χ3v) is 8.34. The van der Waals surface area contributed by atoms with Gasteiger partial charge in [-0.3, -0.25) is 4.79 Å². The number of benzene rings is 2. The van der Waals surface area contributed by atoms with E-state index in [0.717, 1.165) is 27.7 Å². The van der Waals surface area contributed by atoms with Gasteiger partial charge in [-0.05, 0) is 30.5 Å². The lowest BCUT2D eigenvalue weighted by Gasteiger charge is -2.29. The van der Waals surface area contributed by atoms with Crippen molar-refractivity contribution in [3.8, 4) is 11.3 Å². The van der Waals surface area contributed by atoms with Crippen LogP contribution >= 0.6 is 11.3 Å². The largest absolute Gasteiger partial charge is 0.360 e. The summed E-state index contributed by atoms with van der Waals surface area (Å²) in [6, 6.07) is 17.3. The van der Waals surface area contributed by atoms with Crippen LogP contribution < -0.4 is 5.32 Å². The molecule has 1 amide bonds. The number of nitrogens with one attached hydrogen (secondary N) is 2. The summed E-state index contributed by atoms with van der Waals surface area (Å²) >= 11 is 1.39. The van der Waals surface area contributed by atoms with E-state index in [-0.39, 0.29) is 11.8 Å². The molecular weight excluding hydrogens is 468 g/mol. The number of H-pyrrole nitrogens is 1. The van der Waals surface area contributed by atoms with Gasteiger partial charge >= 0.3 is 0 Å². The van der Waals surface area contributed by atoms with E-state index in [1.54, 1.807) is 6.08 Å². The molecule has 34 heavy (non-hydrogen) atoms. The Morgan fingerprint density at radius 2 is 1.82 bits per heavy atom. The highest BCUT2D eigenvalue weighted by Crippen LogP contribution is 2.31. The van der Waals surface area contributed by atoms with Gasteiger partial charge in [-0.25, -0.2) is 13.4 Å². The summed E-state index contributed by atoms with van der Waals surface area (Å²) < 4.78 is 26.8. The Bertz CT molecular complexity index is 1430. The number of aromatic amines is 1. The van der Waals surface area contributed by atoms with Crippen molar-refractivity contribution < 1.29 is 13.2 Å². The summed E-state index contributed by atoms with van der Waals surface area (Å²) in [7, 11) is -3.52. The van der Waals surface area contributed by atoms with E-state index in [1.165, 1.54) is 21.1 Å². The van der Waals surface area contributed by atoms with Crippen LogP contribution in [0, 0.1) is 5.92 Å². The van der Waals surface area contributed by atoms with Gasteiger partial charge in [0, 0.05) is 52.5 Å². The van der Waals surface area contributed by atoms with Crippen LogP contribution in [0.15, 0.2) is 71.6 Å². The Morgan fingerprint density at radius 1 is 1.09 bits per heavy atom. The summed E-state index contributed by atoms with van der Waals surface area (Å²) in [6.45, 7) is 0.635. The number of rotatable bonds is 6. The van der Waals surface area contributed by atoms with E-state index in [9.17, 15) is 13.2 Å². The Balaban J connectivity index is 1.19. The Hall–Kier alpha value is -3.27. The average Bonchev–Trinajstić information content (AvgIpc) is 3.50. The van der Waals surface area contributed by atoms with Crippen LogP contribution in [0.4, 0.5) is 5.13 Å². The van der Waals surface area contributed by atoms with Crippen molar-refractivity contribution >= 4 is 49.4 Å². The molecular formula is C25H24N4O3S2. The Morgan fingerprint density at radius 3 is 2.62 bits per heavy atom. The van der Waals surface area contributed by atoms with Crippen molar-refractivity contribution in [2.75, 3.05) is 18.4 Å². The molecule has 1 saturated heterocycles. The van der Waals surface area contributed by atoms with Crippen LogP contribution in [0.2, 0.25) is 0 Å². The lowest BCUT2D eigenvalue weighted by molar-refractivity contribution is -0.120. The normalized spacial score (nSPS) is 15.8. The third-order valence-electron chi connectivity index (χ3n) is 6.02. The SMILES string of the molecule is O=C(Nc1nc(-c2c[nH]c3ccccc23)cs1)C1CCN(S(=O)(=O)/C=C/c2ccccc2)CC1. The summed E-state index contributed by atoms with van der Waals surface area (Å²) in [5.74, 6) is -0.360. The molecule has 0 bridgehead atoms. The number of hydrogen-bond acceptors (Lipinski definition) is 5. The monoisotopic (exact) mass is 492 g/mol. The molecule has 2 aromatic heterocycles. The molecule has 7 nitrogen and oxygen atoms in total. The van der Waals surface area contributed by atoms with Gasteiger partial charge in [0.1, 0.15) is 0 Å². The minimum absolute atomic E-state index is 0.114. The first-order valence-electron chi connectivity index (χ1n) is 11.1. The second-order valence-electron chi connectivity index (χ2n) is 8.21. The molecule has 1 fully saturated rings. The number of aromatic nitrogens is 2. The highest BCUT2D eigenvalue weighted by Gasteiger charge is 2.30. The van der Waals surface area contributed by atoms with Crippen LogP contribution in [0.5, 0.6) is 0 Å². The van der Waals surface area contributed by atoms with Crippen molar-refractivity contribution in [2.45, 2.75) is 12.8 Å². The summed E-state index contributed by atoms with van der Waals surface area (Å²) in [5.41, 5.74) is 3.67. The highest BCUT2D eigenvalue weighted by atomic mass is 32.2. The summed E-state index contributed by atoms with van der Waals surface area (Å²) in [6.07, 6.45) is 4.48. The summed E-state index contributed by atoms with van der Waals surface area (Å²) in [5, 5.41) is 7.72. The minimum Gasteiger partial charge on any atom is -0.360 e. The van der Waals surface area contributed by atoms with E-state index >= 15 is 0 Å². The van der Waals surface area contributed by atoms with Crippen molar-refractivity contribution in [1.82, 2.24) is 14.3 Å². The van der Waals surface area contributed by atoms with E-state index in [1.807, 2.05) is 66.2 Å². The van der Waals surface area contributed by atoms with Crippen LogP contribution in [-0.2, 0) is 14.8 Å². The highest BCUT2D eigenvalue weighted by molar-refractivity contribution is 7.92. The standard InChI is InChI=1S/C25H24N4O3S2/c30-24(28-25-27-23(17-33-25)21-16-26-22-9-5-4-8-20(21)22)19-10-13-29(14-11-19)34(31,32)15-12-18-6-2-1-3-7-18/h1-9,12,15-17,19,26H,10-11,13-14H2,(H,27,28,30)/b15-12+. The Labute approximate surface area is 202 Å². The molecule has 0 radical (unpaired) electrons. The van der Waals surface area contributed by atoms with Gasteiger partial charge in [-0.1, -0.05) is 48.5 Å². The third kappa shape index (κ3) is 4.82. The molecule has 2 N–H and O–H groups in total. The number of para-hydroxylation sites is 1. The van der Waals surface area contributed by atoms with Gasteiger partial charge in [0.15, 0.2) is 5.13 Å². The molecule has 9 heteroatoms. The molecule has 0 atom stereocenters. The predicted molar refractivity (Wildman–Crippen MR) is 137 cm³/mol. The van der Waals surface area contributed by atoms with Gasteiger partial charge in [0.25, 0.3) is 0 Å². The molecule has 0 aliphatic carbocycles. The number of amides is 1. The number of piperidine rings is 1. The van der Waals surface area contributed by atoms with Gasteiger partial charge in [-0.15, -0.1) is 11.3 Å². The van der Waals surface area contributed by atoms with Crippen molar-refractivity contribution in [1.29, 1.82) is 0 Å². The van der Waals surface area contributed by atoms with Crippen molar-refractivity contribution in [3.63, 3.8) is 0 Å². The zero-order valence-corrected chi connectivity index (χ0v) is 20.0. The lowest BCUT2D eigenvalue weighted by atomic mass is 9.97. The number of sulfonamides is 1. The molecule has 3 heterocycles. The first-order valence-corrected chi connectivity index (χ1v) is 13.4. The van der Waals surface area contributed by atoms with Gasteiger partial charge in [0.2, 0.25) is 15.9 Å². The lowest BCUT2D eigenvalue weighted by Crippen LogP contribution is -2.40. The zero-order valence-electron chi connectivity index (χ0n) is 18.3. The van der Waals surface area contributed by atoms with Crippen LogP contribution in [0.25, 0.3) is 28.2 Å². The maximum atomic E-state index is 12.8. The maximum Gasteiger partial charge on any atom is 0.236 e. The number of nitrogens with zero attached hydrogens (tertiary/aromatic N) is 2. The fraction of sp³-hybridized carbons (Fsp3) is 0.200. The first kappa shape index (κ1) is 22.5. The number of carbonyl (C=O) groups excluding carboxylic acids is 1. The number of thiazole rings is 1. The smallest absolute Gasteiger partial charge is 0.236 e. The molecule has 5 rings (SSSR count). The van der Waals surface area contributed by atoms with Crippen LogP contribution in [-0.4, -0.2) is 41.7 Å². The average molecular weight is 493 g/mol. The quantitative estimate of drug-likeness (QED) is 0.398.